The van der Waals surface area contributed by atoms with Crippen molar-refractivity contribution in [3.05, 3.63) is 19.1 Å². The fourth-order valence-corrected chi connectivity index (χ4v) is 0.864. The van der Waals surface area contributed by atoms with Crippen molar-refractivity contribution in [1.82, 2.24) is 0 Å². The van der Waals surface area contributed by atoms with E-state index in [9.17, 15) is 4.79 Å². The highest BCUT2D eigenvalue weighted by Crippen LogP contribution is 2.08. The normalized spacial score (nSPS) is 9.11. The first-order valence-corrected chi connectivity index (χ1v) is 3.79. The summed E-state index contributed by atoms with van der Waals surface area (Å²) in [6, 6.07) is 0. The van der Waals surface area contributed by atoms with Gasteiger partial charge in [-0.2, -0.15) is 0 Å². The van der Waals surface area contributed by atoms with E-state index in [4.69, 9.17) is 0 Å². The lowest BCUT2D eigenvalue weighted by atomic mass is 10.4. The molecule has 0 fully saturated rings. The van der Waals surface area contributed by atoms with Crippen LogP contribution in [0.1, 0.15) is 13.3 Å². The van der Waals surface area contributed by atoms with E-state index in [1.54, 1.807) is 6.92 Å². The molecule has 0 heterocycles. The third kappa shape index (κ3) is 4.28. The van der Waals surface area contributed by atoms with Gasteiger partial charge in [0.1, 0.15) is 0 Å². The number of hydrogen-bond donors (Lipinski definition) is 0. The van der Waals surface area contributed by atoms with Crippen molar-refractivity contribution in [2.75, 3.05) is 5.75 Å². The lowest BCUT2D eigenvalue weighted by molar-refractivity contribution is -0.107. The highest BCUT2D eigenvalue weighted by Gasteiger charge is 1.99. The lowest BCUT2D eigenvalue weighted by Gasteiger charge is -1.94. The molecule has 0 N–H and O–H groups in total. The molecule has 1 nitrogen and oxygen atoms in total. The number of rotatable bonds is 3. The van der Waals surface area contributed by atoms with Crippen LogP contribution in [-0.2, 0) is 4.79 Å². The van der Waals surface area contributed by atoms with Crippen molar-refractivity contribution >= 4 is 16.9 Å². The Kier molecular flexibility index (Phi) is 4.50. The number of hydrogen-bond acceptors (Lipinski definition) is 2. The van der Waals surface area contributed by atoms with E-state index in [1.165, 1.54) is 11.8 Å². The van der Waals surface area contributed by atoms with Crippen LogP contribution in [0.3, 0.4) is 0 Å². The van der Waals surface area contributed by atoms with Gasteiger partial charge in [-0.25, -0.2) is 0 Å². The van der Waals surface area contributed by atoms with Crippen LogP contribution >= 0.6 is 11.8 Å². The zero-order valence-corrected chi connectivity index (χ0v) is 6.46. The second-order valence-electron chi connectivity index (χ2n) is 1.77. The molecule has 0 aromatic heterocycles. The topological polar surface area (TPSA) is 17.1 Å². The lowest BCUT2D eigenvalue weighted by Crippen LogP contribution is -1.92. The van der Waals surface area contributed by atoms with Crippen LogP contribution in [0.2, 0.25) is 0 Å². The Morgan fingerprint density at radius 3 is 2.56 bits per heavy atom. The van der Waals surface area contributed by atoms with E-state index in [1.807, 2.05) is 0 Å². The molecule has 0 aromatic carbocycles. The maximum atomic E-state index is 10.7. The van der Waals surface area contributed by atoms with Crippen LogP contribution < -0.4 is 0 Å². The van der Waals surface area contributed by atoms with Crippen LogP contribution in [-0.4, -0.2) is 10.9 Å². The maximum Gasteiger partial charge on any atom is 0.214 e. The highest BCUT2D eigenvalue weighted by atomic mass is 32.2. The molecule has 0 bridgehead atoms. The minimum atomic E-state index is 0.0821. The van der Waals surface area contributed by atoms with Crippen LogP contribution in [0.5, 0.6) is 0 Å². The van der Waals surface area contributed by atoms with Crippen LogP contribution in [0.4, 0.5) is 0 Å². The average Bonchev–Trinajstić information content (AvgIpc) is 1.82. The van der Waals surface area contributed by atoms with Crippen molar-refractivity contribution in [2.45, 2.75) is 13.3 Å². The predicted molar refractivity (Wildman–Crippen MR) is 42.3 cm³/mol. The number of carbonyl (C=O) groups excluding carboxylic acids is 1. The van der Waals surface area contributed by atoms with E-state index in [0.29, 0.717) is 5.57 Å². The van der Waals surface area contributed by atoms with Crippen molar-refractivity contribution < 1.29 is 4.79 Å². The summed E-state index contributed by atoms with van der Waals surface area (Å²) >= 11 is 1.28. The van der Waals surface area contributed by atoms with Gasteiger partial charge in [-0.05, 0) is 18.9 Å². The summed E-state index contributed by atoms with van der Waals surface area (Å²) in [5, 5.41) is 0.0821. The standard InChI is InChI=1S/C7H11OS/c1-4-5-9-7(8)6(2)3/h1-2,4-5H2,3H3. The third-order valence-electron chi connectivity index (χ3n) is 0.726. The molecule has 0 saturated heterocycles. The highest BCUT2D eigenvalue weighted by molar-refractivity contribution is 8.14. The summed E-state index contributed by atoms with van der Waals surface area (Å²) in [6.45, 7) is 8.85. The maximum absolute atomic E-state index is 10.7. The quantitative estimate of drug-likeness (QED) is 0.562. The Morgan fingerprint density at radius 2 is 2.22 bits per heavy atom. The Bertz CT molecular complexity index is 118. The van der Waals surface area contributed by atoms with Gasteiger partial charge in [0.2, 0.25) is 5.12 Å². The molecule has 51 valence electrons. The minimum absolute atomic E-state index is 0.0821. The van der Waals surface area contributed by atoms with Crippen LogP contribution in [0.25, 0.3) is 0 Å². The monoisotopic (exact) mass is 143 g/mol. The van der Waals surface area contributed by atoms with E-state index in [2.05, 4.69) is 13.5 Å². The first-order chi connectivity index (χ1) is 4.18. The third-order valence-corrected chi connectivity index (χ3v) is 1.83. The van der Waals surface area contributed by atoms with Gasteiger partial charge in [0, 0.05) is 5.75 Å². The van der Waals surface area contributed by atoms with Gasteiger partial charge in [-0.3, -0.25) is 4.79 Å². The van der Waals surface area contributed by atoms with Gasteiger partial charge >= 0.3 is 0 Å². The molecule has 0 amide bonds. The zero-order valence-electron chi connectivity index (χ0n) is 5.64. The summed E-state index contributed by atoms with van der Waals surface area (Å²) in [5.41, 5.74) is 0.619. The van der Waals surface area contributed by atoms with E-state index >= 15 is 0 Å². The molecular weight excluding hydrogens is 132 g/mol. The van der Waals surface area contributed by atoms with Crippen molar-refractivity contribution in [2.24, 2.45) is 0 Å². The molecule has 0 rings (SSSR count). The molecule has 0 unspecified atom stereocenters. The molecule has 2 heteroatoms. The fourth-order valence-electron chi connectivity index (χ4n) is 0.288. The molecule has 0 spiro atoms. The Balaban J connectivity index is 3.39. The molecule has 0 aliphatic rings. The average molecular weight is 143 g/mol. The molecule has 9 heavy (non-hydrogen) atoms. The largest absolute Gasteiger partial charge is 0.282 e. The molecule has 0 aliphatic carbocycles. The van der Waals surface area contributed by atoms with Gasteiger partial charge in [-0.1, -0.05) is 25.3 Å². The Morgan fingerprint density at radius 1 is 1.67 bits per heavy atom. The molecule has 0 atom stereocenters. The molecule has 0 aliphatic heterocycles. The van der Waals surface area contributed by atoms with E-state index in [-0.39, 0.29) is 5.12 Å². The van der Waals surface area contributed by atoms with Gasteiger partial charge in [0.05, 0.1) is 0 Å². The summed E-state index contributed by atoms with van der Waals surface area (Å²) in [5.74, 6) is 0.797. The van der Waals surface area contributed by atoms with Crippen LogP contribution in [0, 0.1) is 6.92 Å². The van der Waals surface area contributed by atoms with Gasteiger partial charge in [0.25, 0.3) is 0 Å². The Labute approximate surface area is 60.5 Å². The van der Waals surface area contributed by atoms with Crippen molar-refractivity contribution in [1.29, 1.82) is 0 Å². The van der Waals surface area contributed by atoms with Gasteiger partial charge in [-0.15, -0.1) is 0 Å². The smallest absolute Gasteiger partial charge is 0.214 e. The summed E-state index contributed by atoms with van der Waals surface area (Å²) in [4.78, 5) is 10.7. The summed E-state index contributed by atoms with van der Waals surface area (Å²) in [7, 11) is 0. The van der Waals surface area contributed by atoms with Crippen molar-refractivity contribution in [3.63, 3.8) is 0 Å². The van der Waals surface area contributed by atoms with E-state index in [0.717, 1.165) is 12.2 Å². The van der Waals surface area contributed by atoms with Crippen LogP contribution in [0.15, 0.2) is 12.2 Å². The summed E-state index contributed by atoms with van der Waals surface area (Å²) in [6.07, 6.45) is 0.795. The molecule has 0 saturated carbocycles. The zero-order chi connectivity index (χ0) is 7.28. The number of carbonyl (C=O) groups is 1. The SMILES string of the molecule is [CH2]CCSC(=O)C(=C)C. The first kappa shape index (κ1) is 8.76. The van der Waals surface area contributed by atoms with Gasteiger partial charge in [0.15, 0.2) is 0 Å². The van der Waals surface area contributed by atoms with Crippen molar-refractivity contribution in [3.8, 4) is 0 Å². The Hall–Kier alpha value is -0.240. The molecule has 0 aromatic rings. The number of thioether (sulfide) groups is 1. The minimum Gasteiger partial charge on any atom is -0.282 e. The molecular formula is C7H11OS. The predicted octanol–water partition coefficient (Wildman–Crippen LogP) is 2.05. The second kappa shape index (κ2) is 4.62. The summed E-state index contributed by atoms with van der Waals surface area (Å²) < 4.78 is 0. The van der Waals surface area contributed by atoms with E-state index < -0.39 is 0 Å². The fraction of sp³-hybridized carbons (Fsp3) is 0.429. The first-order valence-electron chi connectivity index (χ1n) is 2.80. The second-order valence-corrected chi connectivity index (χ2v) is 2.84. The van der Waals surface area contributed by atoms with Gasteiger partial charge < -0.3 is 0 Å². The molecule has 1 radical (unpaired) electrons.